The second kappa shape index (κ2) is 12.1. The van der Waals surface area contributed by atoms with Gasteiger partial charge in [-0.15, -0.1) is 10.2 Å². The highest BCUT2D eigenvalue weighted by Gasteiger charge is 2.13. The fourth-order valence-corrected chi connectivity index (χ4v) is 4.16. The Balaban J connectivity index is 1.67. The van der Waals surface area contributed by atoms with E-state index in [1.165, 1.54) is 11.1 Å². The lowest BCUT2D eigenvalue weighted by Gasteiger charge is -2.08. The first-order valence-electron chi connectivity index (χ1n) is 11.3. The first-order chi connectivity index (χ1) is 15.9. The SMILES string of the molecule is CCCCC(=Cc1nnc(-c2ccc(CNCCCP(=O)(O)O)cc2C)o1)c1ccccc1. The third-order valence-electron chi connectivity index (χ3n) is 5.34. The number of nitrogens with zero attached hydrogens (tertiary/aromatic N) is 2. The Morgan fingerprint density at radius 1 is 1.12 bits per heavy atom. The molecule has 1 heterocycles. The average molecular weight is 470 g/mol. The van der Waals surface area contributed by atoms with Crippen LogP contribution in [0.2, 0.25) is 0 Å². The van der Waals surface area contributed by atoms with Gasteiger partial charge in [0.25, 0.3) is 0 Å². The second-order valence-corrected chi connectivity index (χ2v) is 9.93. The molecule has 1 aromatic heterocycles. The van der Waals surface area contributed by atoms with Gasteiger partial charge in [-0.1, -0.05) is 55.8 Å². The third-order valence-corrected chi connectivity index (χ3v) is 6.23. The van der Waals surface area contributed by atoms with Gasteiger partial charge in [0.15, 0.2) is 0 Å². The minimum atomic E-state index is -3.92. The Bertz CT molecular complexity index is 1110. The van der Waals surface area contributed by atoms with Crippen molar-refractivity contribution in [1.29, 1.82) is 0 Å². The topological polar surface area (TPSA) is 108 Å². The molecule has 0 atom stereocenters. The maximum absolute atomic E-state index is 10.9. The minimum absolute atomic E-state index is 0.101. The molecule has 0 bridgehead atoms. The normalized spacial score (nSPS) is 12.3. The van der Waals surface area contributed by atoms with Gasteiger partial charge in [-0.05, 0) is 61.1 Å². The first-order valence-corrected chi connectivity index (χ1v) is 13.1. The molecule has 0 fully saturated rings. The number of nitrogens with one attached hydrogen (secondary N) is 1. The average Bonchev–Trinajstić information content (AvgIpc) is 3.24. The van der Waals surface area contributed by atoms with Crippen LogP contribution in [0, 0.1) is 6.92 Å². The monoisotopic (exact) mass is 469 g/mol. The highest BCUT2D eigenvalue weighted by molar-refractivity contribution is 7.51. The van der Waals surface area contributed by atoms with Crippen LogP contribution in [0.3, 0.4) is 0 Å². The van der Waals surface area contributed by atoms with Crippen molar-refractivity contribution in [3.63, 3.8) is 0 Å². The summed E-state index contributed by atoms with van der Waals surface area (Å²) in [4.78, 5) is 17.8. The van der Waals surface area contributed by atoms with Crippen LogP contribution < -0.4 is 5.32 Å². The van der Waals surface area contributed by atoms with Crippen molar-refractivity contribution >= 4 is 19.2 Å². The Hall–Kier alpha value is -2.57. The van der Waals surface area contributed by atoms with Crippen molar-refractivity contribution < 1.29 is 18.8 Å². The van der Waals surface area contributed by atoms with Gasteiger partial charge >= 0.3 is 7.60 Å². The van der Waals surface area contributed by atoms with E-state index in [0.29, 0.717) is 31.3 Å². The van der Waals surface area contributed by atoms with Crippen LogP contribution in [0.5, 0.6) is 0 Å². The van der Waals surface area contributed by atoms with Crippen molar-refractivity contribution in [2.45, 2.75) is 46.1 Å². The third kappa shape index (κ3) is 8.06. The van der Waals surface area contributed by atoms with E-state index in [4.69, 9.17) is 14.2 Å². The molecule has 3 N–H and O–H groups in total. The summed E-state index contributed by atoms with van der Waals surface area (Å²) < 4.78 is 16.9. The molecule has 0 saturated carbocycles. The lowest BCUT2D eigenvalue weighted by atomic mass is 10.00. The van der Waals surface area contributed by atoms with Crippen LogP contribution in [0.1, 0.15) is 55.2 Å². The zero-order valence-corrected chi connectivity index (χ0v) is 20.1. The molecule has 33 heavy (non-hydrogen) atoms. The molecular formula is C25H32N3O4P. The van der Waals surface area contributed by atoms with Gasteiger partial charge in [0, 0.05) is 18.2 Å². The van der Waals surface area contributed by atoms with E-state index in [1.807, 2.05) is 43.3 Å². The largest absolute Gasteiger partial charge is 0.417 e. The van der Waals surface area contributed by atoms with E-state index in [9.17, 15) is 4.57 Å². The molecule has 0 aliphatic rings. The van der Waals surface area contributed by atoms with Gasteiger partial charge in [-0.3, -0.25) is 4.57 Å². The standard InChI is InChI=1S/C25H32N3O4P/c1-3-4-9-22(21-10-6-5-7-11-21)17-24-27-28-25(32-24)23-13-12-20(16-19(23)2)18-26-14-8-15-33(29,30)31/h5-7,10-13,16-17,26H,3-4,8-9,14-15,18H2,1-2H3,(H2,29,30,31). The van der Waals surface area contributed by atoms with E-state index in [1.54, 1.807) is 0 Å². The van der Waals surface area contributed by atoms with Gasteiger partial charge < -0.3 is 19.5 Å². The molecule has 8 heteroatoms. The smallest absolute Gasteiger partial charge is 0.325 e. The van der Waals surface area contributed by atoms with Crippen LogP contribution in [-0.2, 0) is 11.1 Å². The van der Waals surface area contributed by atoms with Gasteiger partial charge in [0.2, 0.25) is 11.8 Å². The maximum atomic E-state index is 10.9. The predicted molar refractivity (Wildman–Crippen MR) is 132 cm³/mol. The van der Waals surface area contributed by atoms with Gasteiger partial charge in [-0.2, -0.15) is 0 Å². The number of benzene rings is 2. The summed E-state index contributed by atoms with van der Waals surface area (Å²) in [5.74, 6) is 0.984. The molecule has 7 nitrogen and oxygen atoms in total. The molecule has 0 saturated heterocycles. The molecule has 3 aromatic rings. The zero-order chi connectivity index (χ0) is 23.7. The van der Waals surface area contributed by atoms with E-state index in [-0.39, 0.29) is 6.16 Å². The van der Waals surface area contributed by atoms with Crippen LogP contribution in [0.15, 0.2) is 52.9 Å². The molecule has 3 rings (SSSR count). The van der Waals surface area contributed by atoms with E-state index < -0.39 is 7.60 Å². The lowest BCUT2D eigenvalue weighted by molar-refractivity contribution is 0.371. The van der Waals surface area contributed by atoms with Crippen LogP contribution in [0.25, 0.3) is 23.1 Å². The Morgan fingerprint density at radius 2 is 1.91 bits per heavy atom. The molecule has 0 aliphatic heterocycles. The van der Waals surface area contributed by atoms with Gasteiger partial charge in [0.05, 0.1) is 6.16 Å². The summed E-state index contributed by atoms with van der Waals surface area (Å²) in [5.41, 5.74) is 5.35. The van der Waals surface area contributed by atoms with Crippen molar-refractivity contribution in [2.75, 3.05) is 12.7 Å². The zero-order valence-electron chi connectivity index (χ0n) is 19.2. The molecule has 0 unspecified atom stereocenters. The first kappa shape index (κ1) is 25.1. The molecule has 0 spiro atoms. The van der Waals surface area contributed by atoms with Crippen LogP contribution in [0.4, 0.5) is 0 Å². The summed E-state index contributed by atoms with van der Waals surface area (Å²) >= 11 is 0. The molecular weight excluding hydrogens is 437 g/mol. The summed E-state index contributed by atoms with van der Waals surface area (Å²) in [7, 11) is -3.92. The fourth-order valence-electron chi connectivity index (χ4n) is 3.59. The molecule has 0 aliphatic carbocycles. The number of allylic oxidation sites excluding steroid dienone is 1. The number of aromatic nitrogens is 2. The molecule has 2 aromatic carbocycles. The minimum Gasteiger partial charge on any atom is -0.417 e. The summed E-state index contributed by atoms with van der Waals surface area (Å²) in [5, 5.41) is 11.7. The van der Waals surface area contributed by atoms with Crippen molar-refractivity contribution in [1.82, 2.24) is 15.5 Å². The Morgan fingerprint density at radius 3 is 2.61 bits per heavy atom. The Labute approximate surface area is 195 Å². The van der Waals surface area contributed by atoms with E-state index in [0.717, 1.165) is 36.0 Å². The van der Waals surface area contributed by atoms with Crippen LogP contribution in [-0.4, -0.2) is 32.7 Å². The molecule has 0 amide bonds. The van der Waals surface area contributed by atoms with E-state index >= 15 is 0 Å². The quantitative estimate of drug-likeness (QED) is 0.240. The number of hydrogen-bond acceptors (Lipinski definition) is 5. The highest BCUT2D eigenvalue weighted by atomic mass is 31.2. The van der Waals surface area contributed by atoms with Gasteiger partial charge in [-0.25, -0.2) is 0 Å². The number of rotatable bonds is 12. The molecule has 0 radical (unpaired) electrons. The van der Waals surface area contributed by atoms with Crippen LogP contribution >= 0.6 is 7.60 Å². The predicted octanol–water partition coefficient (Wildman–Crippen LogP) is 5.43. The number of aryl methyl sites for hydroxylation is 1. The fraction of sp³-hybridized carbons (Fsp3) is 0.360. The summed E-state index contributed by atoms with van der Waals surface area (Å²) in [6.45, 7) is 5.35. The number of hydrogen-bond donors (Lipinski definition) is 3. The maximum Gasteiger partial charge on any atom is 0.325 e. The highest BCUT2D eigenvalue weighted by Crippen LogP contribution is 2.34. The van der Waals surface area contributed by atoms with Gasteiger partial charge in [0.1, 0.15) is 0 Å². The summed E-state index contributed by atoms with van der Waals surface area (Å²) in [6.07, 6.45) is 5.47. The van der Waals surface area contributed by atoms with Crippen molar-refractivity contribution in [3.05, 3.63) is 71.1 Å². The molecule has 176 valence electrons. The summed E-state index contributed by atoms with van der Waals surface area (Å²) in [6, 6.07) is 16.3. The van der Waals surface area contributed by atoms with Crippen molar-refractivity contribution in [3.8, 4) is 11.5 Å². The van der Waals surface area contributed by atoms with Crippen molar-refractivity contribution in [2.24, 2.45) is 0 Å². The second-order valence-electron chi connectivity index (χ2n) is 8.15. The Kier molecular flexibility index (Phi) is 9.15. The van der Waals surface area contributed by atoms with E-state index in [2.05, 4.69) is 40.6 Å². The lowest BCUT2D eigenvalue weighted by Crippen LogP contribution is -2.15. The number of unbranched alkanes of at least 4 members (excludes halogenated alkanes) is 1.